The summed E-state index contributed by atoms with van der Waals surface area (Å²) < 4.78 is 37.3. The lowest BCUT2D eigenvalue weighted by Gasteiger charge is -2.28. The number of carbonyl (C=O) groups is 1. The second-order valence-corrected chi connectivity index (χ2v) is 5.64. The van der Waals surface area contributed by atoms with Gasteiger partial charge in [-0.05, 0) is 24.1 Å². The van der Waals surface area contributed by atoms with Crippen LogP contribution in [0.1, 0.15) is 29.9 Å². The fourth-order valence-electron chi connectivity index (χ4n) is 1.79. The largest absolute Gasteiger partial charge is 0.431 e. The molecule has 0 aliphatic rings. The second-order valence-electron chi connectivity index (χ2n) is 5.64. The molecule has 0 spiro atoms. The minimum Gasteiger partial charge on any atom is -0.341 e. The monoisotopic (exact) mass is 341 g/mol. The van der Waals surface area contributed by atoms with Gasteiger partial charge < -0.3 is 15.6 Å². The lowest BCUT2D eigenvalue weighted by atomic mass is 9.93. The Balaban J connectivity index is 0.00000441. The number of pyridine rings is 1. The molecule has 0 bridgehead atoms. The minimum atomic E-state index is -4.66. The van der Waals surface area contributed by atoms with Gasteiger partial charge in [0.2, 0.25) is 0 Å². The Kier molecular flexibility index (Phi) is 6.65. The van der Waals surface area contributed by atoms with Gasteiger partial charge in [0.15, 0.2) is 0 Å². The number of hydrogen-bond acceptors (Lipinski definition) is 3. The Bertz CT molecular complexity index is 585. The van der Waals surface area contributed by atoms with E-state index in [-0.39, 0.29) is 29.9 Å². The first-order valence-electron chi connectivity index (χ1n) is 6.24. The molecular weight excluding hydrogens is 323 g/mol. The highest BCUT2D eigenvalue weighted by molar-refractivity contribution is 5.93. The first kappa shape index (κ1) is 20.5. The van der Waals surface area contributed by atoms with E-state index < -0.39 is 23.3 Å². The Morgan fingerprint density at radius 3 is 2.27 bits per heavy atom. The predicted octanol–water partition coefficient (Wildman–Crippen LogP) is 1.87. The second kappa shape index (κ2) is 7.15. The van der Waals surface area contributed by atoms with E-state index in [0.717, 1.165) is 6.07 Å². The van der Waals surface area contributed by atoms with Crippen LogP contribution in [0.4, 0.5) is 13.2 Å². The highest BCUT2D eigenvalue weighted by Crippen LogP contribution is 2.26. The third kappa shape index (κ3) is 5.03. The van der Waals surface area contributed by atoms with E-state index in [9.17, 15) is 22.8 Å². The van der Waals surface area contributed by atoms with Crippen LogP contribution in [0, 0.1) is 5.41 Å². The number of aromatic amines is 1. The molecule has 3 N–H and O–H groups in total. The Morgan fingerprint density at radius 1 is 1.32 bits per heavy atom. The number of H-pyrrole nitrogens is 1. The number of rotatable bonds is 4. The summed E-state index contributed by atoms with van der Waals surface area (Å²) in [6, 6.07) is 1.56. The van der Waals surface area contributed by atoms with Crippen LogP contribution in [-0.2, 0) is 6.18 Å². The zero-order valence-electron chi connectivity index (χ0n) is 12.5. The smallest absolute Gasteiger partial charge is 0.341 e. The van der Waals surface area contributed by atoms with Crippen LogP contribution >= 0.6 is 12.4 Å². The summed E-state index contributed by atoms with van der Waals surface area (Å²) in [4.78, 5) is 26.7. The van der Waals surface area contributed by atoms with Crippen molar-refractivity contribution in [3.8, 4) is 0 Å². The van der Waals surface area contributed by atoms with Gasteiger partial charge in [0, 0.05) is 13.6 Å². The first-order valence-corrected chi connectivity index (χ1v) is 6.24. The Morgan fingerprint density at radius 2 is 1.86 bits per heavy atom. The van der Waals surface area contributed by atoms with Crippen LogP contribution in [0.3, 0.4) is 0 Å². The molecule has 0 aromatic carbocycles. The average Bonchev–Trinajstić information content (AvgIpc) is 2.36. The SMILES string of the molecule is CN(CC(C)(C)CN)C(=O)c1ccc(C(F)(F)F)[nH]c1=O.Cl. The van der Waals surface area contributed by atoms with E-state index in [1.165, 1.54) is 11.9 Å². The lowest BCUT2D eigenvalue weighted by molar-refractivity contribution is -0.141. The molecule has 1 aromatic rings. The summed E-state index contributed by atoms with van der Waals surface area (Å²) in [7, 11) is 1.47. The molecule has 1 aromatic heterocycles. The Labute approximate surface area is 132 Å². The number of carbonyl (C=O) groups excluding carboxylic acids is 1. The summed E-state index contributed by atoms with van der Waals surface area (Å²) in [5.74, 6) is -0.647. The number of hydrogen-bond donors (Lipinski definition) is 2. The molecule has 1 amide bonds. The summed E-state index contributed by atoms with van der Waals surface area (Å²) in [5, 5.41) is 0. The van der Waals surface area contributed by atoms with Crippen molar-refractivity contribution in [3.05, 3.63) is 33.7 Å². The van der Waals surface area contributed by atoms with Crippen molar-refractivity contribution in [1.29, 1.82) is 0 Å². The summed E-state index contributed by atoms with van der Waals surface area (Å²) >= 11 is 0. The average molecular weight is 342 g/mol. The van der Waals surface area contributed by atoms with Gasteiger partial charge in [-0.2, -0.15) is 13.2 Å². The third-order valence-electron chi connectivity index (χ3n) is 3.01. The van der Waals surface area contributed by atoms with E-state index in [1.54, 1.807) is 4.98 Å². The molecule has 0 saturated heterocycles. The molecule has 9 heteroatoms. The van der Waals surface area contributed by atoms with Gasteiger partial charge in [-0.25, -0.2) is 0 Å². The predicted molar refractivity (Wildman–Crippen MR) is 79.1 cm³/mol. The number of aromatic nitrogens is 1. The third-order valence-corrected chi connectivity index (χ3v) is 3.01. The van der Waals surface area contributed by atoms with E-state index in [0.29, 0.717) is 12.6 Å². The van der Waals surface area contributed by atoms with Crippen LogP contribution in [-0.4, -0.2) is 35.9 Å². The highest BCUT2D eigenvalue weighted by atomic mass is 35.5. The van der Waals surface area contributed by atoms with Crippen molar-refractivity contribution < 1.29 is 18.0 Å². The van der Waals surface area contributed by atoms with Gasteiger partial charge >= 0.3 is 6.18 Å². The van der Waals surface area contributed by atoms with Crippen molar-refractivity contribution in [3.63, 3.8) is 0 Å². The van der Waals surface area contributed by atoms with E-state index >= 15 is 0 Å². The van der Waals surface area contributed by atoms with Gasteiger partial charge in [0.25, 0.3) is 11.5 Å². The van der Waals surface area contributed by atoms with Crippen LogP contribution < -0.4 is 11.3 Å². The van der Waals surface area contributed by atoms with Gasteiger partial charge in [-0.1, -0.05) is 13.8 Å². The lowest BCUT2D eigenvalue weighted by Crippen LogP contribution is -2.41. The highest BCUT2D eigenvalue weighted by Gasteiger charge is 2.32. The number of nitrogens with zero attached hydrogens (tertiary/aromatic N) is 1. The fraction of sp³-hybridized carbons (Fsp3) is 0.538. The Hall–Kier alpha value is -1.54. The van der Waals surface area contributed by atoms with Crippen molar-refractivity contribution in [2.24, 2.45) is 11.1 Å². The molecular formula is C13H19ClF3N3O2. The van der Waals surface area contributed by atoms with Crippen molar-refractivity contribution in [2.75, 3.05) is 20.1 Å². The molecule has 0 aliphatic carbocycles. The summed E-state index contributed by atoms with van der Waals surface area (Å²) in [6.45, 7) is 4.29. The molecule has 0 saturated carbocycles. The maximum Gasteiger partial charge on any atom is 0.431 e. The number of nitrogens with two attached hydrogens (primary N) is 1. The van der Waals surface area contributed by atoms with Gasteiger partial charge in [-0.15, -0.1) is 12.4 Å². The van der Waals surface area contributed by atoms with Crippen molar-refractivity contribution >= 4 is 18.3 Å². The zero-order valence-corrected chi connectivity index (χ0v) is 13.3. The van der Waals surface area contributed by atoms with Crippen LogP contribution in [0.5, 0.6) is 0 Å². The normalized spacial score (nSPS) is 11.8. The number of amides is 1. The molecule has 0 aliphatic heterocycles. The van der Waals surface area contributed by atoms with E-state index in [1.807, 2.05) is 13.8 Å². The molecule has 0 unspecified atom stereocenters. The van der Waals surface area contributed by atoms with Crippen LogP contribution in [0.25, 0.3) is 0 Å². The van der Waals surface area contributed by atoms with Crippen LogP contribution in [0.2, 0.25) is 0 Å². The maximum atomic E-state index is 12.4. The summed E-state index contributed by atoms with van der Waals surface area (Å²) in [5.41, 5.74) is 2.62. The quantitative estimate of drug-likeness (QED) is 0.877. The van der Waals surface area contributed by atoms with E-state index in [2.05, 4.69) is 0 Å². The molecule has 0 fully saturated rings. The molecule has 22 heavy (non-hydrogen) atoms. The maximum absolute atomic E-state index is 12.4. The molecule has 0 atom stereocenters. The molecule has 0 radical (unpaired) electrons. The van der Waals surface area contributed by atoms with Gasteiger partial charge in [0.1, 0.15) is 11.3 Å². The standard InChI is InChI=1S/C13H18F3N3O2.ClH/c1-12(2,6-17)7-19(3)11(21)8-4-5-9(13(14,15)16)18-10(8)20;/h4-5H,6-7,17H2,1-3H3,(H,18,20);1H. The molecule has 5 nitrogen and oxygen atoms in total. The first-order chi connectivity index (χ1) is 9.48. The molecule has 1 heterocycles. The fourth-order valence-corrected chi connectivity index (χ4v) is 1.79. The number of alkyl halides is 3. The van der Waals surface area contributed by atoms with E-state index in [4.69, 9.17) is 5.73 Å². The zero-order chi connectivity index (χ0) is 16.4. The van der Waals surface area contributed by atoms with Crippen molar-refractivity contribution in [2.45, 2.75) is 20.0 Å². The van der Waals surface area contributed by atoms with Crippen LogP contribution in [0.15, 0.2) is 16.9 Å². The minimum absolute atomic E-state index is 0. The number of nitrogens with one attached hydrogen (secondary N) is 1. The molecule has 126 valence electrons. The molecule has 1 rings (SSSR count). The number of halogens is 4. The van der Waals surface area contributed by atoms with Crippen molar-refractivity contribution in [1.82, 2.24) is 9.88 Å². The topological polar surface area (TPSA) is 79.2 Å². The summed E-state index contributed by atoms with van der Waals surface area (Å²) in [6.07, 6.45) is -4.66. The van der Waals surface area contributed by atoms with Gasteiger partial charge in [-0.3, -0.25) is 9.59 Å². The van der Waals surface area contributed by atoms with Gasteiger partial charge in [0.05, 0.1) is 0 Å².